The van der Waals surface area contributed by atoms with Crippen molar-refractivity contribution < 1.29 is 19.0 Å². The molecule has 0 aliphatic rings. The largest absolute Gasteiger partial charge is 0.497 e. The Bertz CT molecular complexity index is 991. The highest BCUT2D eigenvalue weighted by molar-refractivity contribution is 6.32. The van der Waals surface area contributed by atoms with Crippen molar-refractivity contribution >= 4 is 34.1 Å². The Labute approximate surface area is 162 Å². The van der Waals surface area contributed by atoms with E-state index in [2.05, 4.69) is 10.3 Å². The minimum absolute atomic E-state index is 0.152. The number of anilines is 1. The van der Waals surface area contributed by atoms with Crippen molar-refractivity contribution in [3.63, 3.8) is 0 Å². The monoisotopic (exact) mass is 386 g/mol. The van der Waals surface area contributed by atoms with E-state index < -0.39 is 0 Å². The molecule has 0 spiro atoms. The molecule has 2 aromatic carbocycles. The third-order valence-corrected chi connectivity index (χ3v) is 4.21. The molecular weight excluding hydrogens is 368 g/mol. The summed E-state index contributed by atoms with van der Waals surface area (Å²) in [5.74, 6) is 1.44. The fraction of sp³-hybridized carbons (Fsp3) is 0.200. The van der Waals surface area contributed by atoms with Crippen molar-refractivity contribution in [3.8, 4) is 17.2 Å². The molecule has 27 heavy (non-hydrogen) atoms. The molecule has 0 fully saturated rings. The fourth-order valence-corrected chi connectivity index (χ4v) is 2.82. The number of ether oxygens (including phenoxy) is 3. The second-order valence-corrected chi connectivity index (χ2v) is 6.24. The number of carbonyl (C=O) groups is 1. The van der Waals surface area contributed by atoms with E-state index in [9.17, 15) is 4.79 Å². The summed E-state index contributed by atoms with van der Waals surface area (Å²) in [5, 5.41) is 4.01. The molecule has 1 amide bonds. The van der Waals surface area contributed by atoms with Gasteiger partial charge < -0.3 is 19.5 Å². The molecule has 0 atom stereocenters. The van der Waals surface area contributed by atoms with Crippen LogP contribution in [0, 0.1) is 6.92 Å². The maximum Gasteiger partial charge on any atom is 0.262 e. The zero-order valence-corrected chi connectivity index (χ0v) is 16.0. The molecule has 140 valence electrons. The molecule has 0 aliphatic carbocycles. The van der Waals surface area contributed by atoms with Gasteiger partial charge in [0, 0.05) is 28.9 Å². The molecule has 0 aliphatic heterocycles. The second-order valence-electron chi connectivity index (χ2n) is 5.83. The predicted molar refractivity (Wildman–Crippen MR) is 105 cm³/mol. The van der Waals surface area contributed by atoms with Crippen molar-refractivity contribution in [2.75, 3.05) is 26.1 Å². The molecule has 3 aromatic rings. The van der Waals surface area contributed by atoms with Crippen molar-refractivity contribution in [1.29, 1.82) is 0 Å². The molecular formula is C20H19ClN2O4. The number of pyridine rings is 1. The van der Waals surface area contributed by atoms with Gasteiger partial charge in [-0.05, 0) is 37.3 Å². The highest BCUT2D eigenvalue weighted by atomic mass is 35.5. The molecule has 3 rings (SSSR count). The lowest BCUT2D eigenvalue weighted by Gasteiger charge is -2.12. The number of aromatic nitrogens is 1. The van der Waals surface area contributed by atoms with Crippen molar-refractivity contribution in [1.82, 2.24) is 4.98 Å². The summed E-state index contributed by atoms with van der Waals surface area (Å²) in [5.41, 5.74) is 2.14. The van der Waals surface area contributed by atoms with Gasteiger partial charge in [0.25, 0.3) is 5.91 Å². The van der Waals surface area contributed by atoms with Crippen molar-refractivity contribution in [3.05, 3.63) is 53.2 Å². The molecule has 0 unspecified atom stereocenters. The summed E-state index contributed by atoms with van der Waals surface area (Å²) >= 11 is 5.99. The van der Waals surface area contributed by atoms with Gasteiger partial charge in [0.2, 0.25) is 0 Å². The summed E-state index contributed by atoms with van der Waals surface area (Å²) in [7, 11) is 3.11. The Balaban J connectivity index is 1.75. The van der Waals surface area contributed by atoms with Gasteiger partial charge in [-0.1, -0.05) is 11.6 Å². The van der Waals surface area contributed by atoms with Gasteiger partial charge in [-0.15, -0.1) is 0 Å². The minimum atomic E-state index is -0.301. The Hall–Kier alpha value is -2.99. The van der Waals surface area contributed by atoms with Gasteiger partial charge in [-0.2, -0.15) is 0 Å². The van der Waals surface area contributed by atoms with Gasteiger partial charge in [0.15, 0.2) is 6.61 Å². The Kier molecular flexibility index (Phi) is 5.66. The van der Waals surface area contributed by atoms with Gasteiger partial charge in [-0.25, -0.2) is 0 Å². The van der Waals surface area contributed by atoms with Crippen LogP contribution < -0.4 is 19.5 Å². The first-order valence-electron chi connectivity index (χ1n) is 8.21. The zero-order chi connectivity index (χ0) is 19.4. The van der Waals surface area contributed by atoms with E-state index in [1.165, 1.54) is 7.11 Å². The van der Waals surface area contributed by atoms with E-state index >= 15 is 0 Å². The number of halogens is 1. The molecule has 0 saturated carbocycles. The first-order chi connectivity index (χ1) is 13.0. The van der Waals surface area contributed by atoms with E-state index in [0.717, 1.165) is 16.6 Å². The minimum Gasteiger partial charge on any atom is -0.497 e. The smallest absolute Gasteiger partial charge is 0.262 e. The molecule has 0 saturated heterocycles. The number of methoxy groups -OCH3 is 2. The average molecular weight is 387 g/mol. The fourth-order valence-electron chi connectivity index (χ4n) is 2.62. The highest BCUT2D eigenvalue weighted by Gasteiger charge is 2.11. The van der Waals surface area contributed by atoms with Crippen LogP contribution in [-0.2, 0) is 4.79 Å². The number of hydrogen-bond donors (Lipinski definition) is 1. The van der Waals surface area contributed by atoms with E-state index in [0.29, 0.717) is 28.0 Å². The Morgan fingerprint density at radius 1 is 1.07 bits per heavy atom. The maximum absolute atomic E-state index is 12.3. The number of rotatable bonds is 6. The van der Waals surface area contributed by atoms with E-state index in [1.807, 2.05) is 25.1 Å². The quantitative estimate of drug-likeness (QED) is 0.686. The molecule has 1 heterocycles. The van der Waals surface area contributed by atoms with Crippen LogP contribution >= 0.6 is 11.6 Å². The summed E-state index contributed by atoms with van der Waals surface area (Å²) < 4.78 is 16.2. The van der Waals surface area contributed by atoms with Crippen molar-refractivity contribution in [2.45, 2.75) is 6.92 Å². The van der Waals surface area contributed by atoms with E-state index in [-0.39, 0.29) is 12.5 Å². The summed E-state index contributed by atoms with van der Waals surface area (Å²) in [6.45, 7) is 1.72. The van der Waals surface area contributed by atoms with Crippen LogP contribution in [0.1, 0.15) is 5.69 Å². The SMILES string of the molecule is COc1ccc2nc(C)cc(OCC(=O)Nc3ccc(Cl)c(OC)c3)c2c1. The third kappa shape index (κ3) is 4.41. The lowest BCUT2D eigenvalue weighted by Crippen LogP contribution is -2.20. The highest BCUT2D eigenvalue weighted by Crippen LogP contribution is 2.29. The number of hydrogen-bond acceptors (Lipinski definition) is 5. The van der Waals surface area contributed by atoms with Crippen LogP contribution in [0.4, 0.5) is 5.69 Å². The number of fused-ring (bicyclic) bond motifs is 1. The molecule has 0 radical (unpaired) electrons. The number of nitrogens with one attached hydrogen (secondary N) is 1. The van der Waals surface area contributed by atoms with Gasteiger partial charge >= 0.3 is 0 Å². The van der Waals surface area contributed by atoms with Gasteiger partial charge in [-0.3, -0.25) is 9.78 Å². The number of aryl methyl sites for hydroxylation is 1. The molecule has 1 aromatic heterocycles. The van der Waals surface area contributed by atoms with E-state index in [4.69, 9.17) is 25.8 Å². The van der Waals surface area contributed by atoms with Gasteiger partial charge in [0.05, 0.1) is 24.8 Å². The van der Waals surface area contributed by atoms with Crippen LogP contribution in [0.2, 0.25) is 5.02 Å². The topological polar surface area (TPSA) is 69.7 Å². The molecule has 1 N–H and O–H groups in total. The van der Waals surface area contributed by atoms with Gasteiger partial charge in [0.1, 0.15) is 17.2 Å². The number of benzene rings is 2. The van der Waals surface area contributed by atoms with Crippen LogP contribution in [0.3, 0.4) is 0 Å². The summed E-state index contributed by atoms with van der Waals surface area (Å²) in [4.78, 5) is 16.7. The van der Waals surface area contributed by atoms with Crippen LogP contribution in [0.15, 0.2) is 42.5 Å². The third-order valence-electron chi connectivity index (χ3n) is 3.90. The first-order valence-corrected chi connectivity index (χ1v) is 8.59. The first kappa shape index (κ1) is 18.8. The number of amides is 1. The number of nitrogens with zero attached hydrogens (tertiary/aromatic N) is 1. The molecule has 7 heteroatoms. The predicted octanol–water partition coefficient (Wildman–Crippen LogP) is 4.23. The lowest BCUT2D eigenvalue weighted by atomic mass is 10.1. The normalized spacial score (nSPS) is 10.5. The van der Waals surface area contributed by atoms with Crippen LogP contribution in [0.5, 0.6) is 17.2 Å². The maximum atomic E-state index is 12.3. The summed E-state index contributed by atoms with van der Waals surface area (Å²) in [6.07, 6.45) is 0. The number of carbonyl (C=O) groups excluding carboxylic acids is 1. The Morgan fingerprint density at radius 3 is 2.63 bits per heavy atom. The van der Waals surface area contributed by atoms with Crippen molar-refractivity contribution in [2.24, 2.45) is 0 Å². The molecule has 0 bridgehead atoms. The molecule has 6 nitrogen and oxygen atoms in total. The lowest BCUT2D eigenvalue weighted by molar-refractivity contribution is -0.118. The summed E-state index contributed by atoms with van der Waals surface area (Å²) in [6, 6.07) is 12.3. The Morgan fingerprint density at radius 2 is 1.89 bits per heavy atom. The second kappa shape index (κ2) is 8.14. The average Bonchev–Trinajstić information content (AvgIpc) is 2.67. The van der Waals surface area contributed by atoms with Crippen LogP contribution in [0.25, 0.3) is 10.9 Å². The zero-order valence-electron chi connectivity index (χ0n) is 15.2. The van der Waals surface area contributed by atoms with E-state index in [1.54, 1.807) is 31.4 Å². The standard InChI is InChI=1S/C20H19ClN2O4/c1-12-8-18(15-10-14(25-2)5-7-17(15)22-12)27-11-20(24)23-13-4-6-16(21)19(9-13)26-3/h4-10H,11H2,1-3H3,(H,23,24). The van der Waals surface area contributed by atoms with Crippen LogP contribution in [-0.4, -0.2) is 31.7 Å².